The molecule has 36 heavy (non-hydrogen) atoms. The number of aromatic nitrogens is 6. The Bertz CT molecular complexity index is 1300. The van der Waals surface area contributed by atoms with Crippen molar-refractivity contribution >= 4 is 11.6 Å². The molecule has 2 N–H and O–H groups in total. The van der Waals surface area contributed by atoms with E-state index in [1.807, 2.05) is 0 Å². The van der Waals surface area contributed by atoms with E-state index in [1.54, 1.807) is 6.92 Å². The second-order valence-electron chi connectivity index (χ2n) is 6.78. The van der Waals surface area contributed by atoms with Gasteiger partial charge in [0.2, 0.25) is 17.6 Å². The molecule has 194 valence electrons. The molecular formula is C19H19F4N7O6. The fourth-order valence-electron chi connectivity index (χ4n) is 3.00. The van der Waals surface area contributed by atoms with E-state index >= 15 is 4.39 Å². The van der Waals surface area contributed by atoms with Gasteiger partial charge < -0.3 is 24.6 Å². The predicted octanol–water partition coefficient (Wildman–Crippen LogP) is 1.08. The summed E-state index contributed by atoms with van der Waals surface area (Å²) in [7, 11) is 2.44. The van der Waals surface area contributed by atoms with E-state index < -0.39 is 54.1 Å². The van der Waals surface area contributed by atoms with E-state index in [-0.39, 0.29) is 29.8 Å². The van der Waals surface area contributed by atoms with Crippen molar-refractivity contribution in [3.05, 3.63) is 40.1 Å². The Labute approximate surface area is 199 Å². The summed E-state index contributed by atoms with van der Waals surface area (Å²) in [4.78, 5) is 36.7. The quantitative estimate of drug-likeness (QED) is 0.394. The van der Waals surface area contributed by atoms with E-state index in [0.717, 1.165) is 10.9 Å². The van der Waals surface area contributed by atoms with Crippen LogP contribution in [-0.2, 0) is 13.2 Å². The molecule has 0 saturated carbocycles. The zero-order chi connectivity index (χ0) is 26.6. The van der Waals surface area contributed by atoms with Gasteiger partial charge in [0, 0.05) is 6.54 Å². The van der Waals surface area contributed by atoms with Crippen LogP contribution in [0.4, 0.5) is 23.2 Å². The number of carbonyl (C=O) groups is 1. The molecule has 0 spiro atoms. The maximum absolute atomic E-state index is 15.0. The van der Waals surface area contributed by atoms with E-state index in [2.05, 4.69) is 30.1 Å². The first kappa shape index (κ1) is 26.3. The number of alkyl halides is 3. The average Bonchev–Trinajstić information content (AvgIpc) is 3.17. The molecule has 0 saturated heterocycles. The Kier molecular flexibility index (Phi) is 7.71. The maximum atomic E-state index is 15.0. The lowest BCUT2D eigenvalue weighted by Crippen LogP contribution is -2.27. The molecule has 0 aliphatic heterocycles. The third kappa shape index (κ3) is 5.35. The van der Waals surface area contributed by atoms with Crippen molar-refractivity contribution in [3.8, 4) is 23.5 Å². The van der Waals surface area contributed by atoms with Crippen molar-refractivity contribution in [2.45, 2.75) is 26.3 Å². The normalized spacial score (nSPS) is 11.3. The molecule has 0 aliphatic rings. The molecule has 13 nitrogen and oxygen atoms in total. The van der Waals surface area contributed by atoms with E-state index in [9.17, 15) is 27.9 Å². The lowest BCUT2D eigenvalue weighted by atomic mass is 10.2. The third-order valence-electron chi connectivity index (χ3n) is 4.54. The lowest BCUT2D eigenvalue weighted by Gasteiger charge is -2.15. The molecule has 0 fully saturated rings. The maximum Gasteiger partial charge on any atom is 0.422 e. The van der Waals surface area contributed by atoms with Crippen molar-refractivity contribution in [1.82, 2.24) is 29.3 Å². The van der Waals surface area contributed by atoms with Crippen molar-refractivity contribution < 1.29 is 41.7 Å². The molecule has 0 aromatic carbocycles. The first-order chi connectivity index (χ1) is 17.0. The van der Waals surface area contributed by atoms with Crippen LogP contribution in [0.15, 0.2) is 17.2 Å². The number of ether oxygens (including phenoxy) is 3. The van der Waals surface area contributed by atoms with Crippen LogP contribution in [-0.4, -0.2) is 67.3 Å². The van der Waals surface area contributed by atoms with Crippen LogP contribution in [0.1, 0.15) is 23.1 Å². The molecule has 3 heterocycles. The van der Waals surface area contributed by atoms with Gasteiger partial charge in [0.25, 0.3) is 5.91 Å². The standard InChI is InChI=1S/C19H19F4N7O6/c1-4-29-11(6-31)28-30(18(29)33)13-10(20)5-9(15(27-13)36-7-19(21,22)23)14(32)26-12-16(34-2)24-8-25-17(12)35-3/h5,8,31H,4,6-7H2,1-3H3,(H,26,32). The zero-order valence-corrected chi connectivity index (χ0v) is 19.0. The number of carbonyl (C=O) groups excluding carboxylic acids is 1. The van der Waals surface area contributed by atoms with Crippen LogP contribution in [0.5, 0.6) is 17.6 Å². The van der Waals surface area contributed by atoms with Crippen molar-refractivity contribution in [3.63, 3.8) is 0 Å². The number of anilines is 1. The number of rotatable bonds is 9. The number of nitrogens with one attached hydrogen (secondary N) is 1. The molecule has 0 atom stereocenters. The molecule has 1 amide bonds. The van der Waals surface area contributed by atoms with E-state index in [4.69, 9.17) is 9.47 Å². The first-order valence-corrected chi connectivity index (χ1v) is 9.98. The van der Waals surface area contributed by atoms with Crippen LogP contribution >= 0.6 is 0 Å². The number of aliphatic hydroxyl groups excluding tert-OH is 1. The second kappa shape index (κ2) is 10.5. The predicted molar refractivity (Wildman–Crippen MR) is 112 cm³/mol. The number of nitrogens with zero attached hydrogens (tertiary/aromatic N) is 6. The van der Waals surface area contributed by atoms with Crippen LogP contribution in [0.25, 0.3) is 5.82 Å². The second-order valence-corrected chi connectivity index (χ2v) is 6.78. The number of pyridine rings is 1. The molecule has 3 aromatic rings. The molecule has 3 aromatic heterocycles. The number of halogens is 4. The van der Waals surface area contributed by atoms with Crippen molar-refractivity contribution in [2.24, 2.45) is 0 Å². The van der Waals surface area contributed by atoms with E-state index in [0.29, 0.717) is 10.7 Å². The van der Waals surface area contributed by atoms with Gasteiger partial charge in [-0.2, -0.15) is 32.8 Å². The molecule has 17 heteroatoms. The van der Waals surface area contributed by atoms with Gasteiger partial charge in [-0.1, -0.05) is 0 Å². The zero-order valence-electron chi connectivity index (χ0n) is 19.0. The largest absolute Gasteiger partial charge is 0.479 e. The fraction of sp³-hybridized carbons (Fsp3) is 0.368. The summed E-state index contributed by atoms with van der Waals surface area (Å²) in [5.74, 6) is -4.76. The minimum atomic E-state index is -4.84. The average molecular weight is 517 g/mol. The van der Waals surface area contributed by atoms with Gasteiger partial charge >= 0.3 is 11.9 Å². The molecular weight excluding hydrogens is 498 g/mol. The number of hydrogen-bond acceptors (Lipinski definition) is 10. The summed E-state index contributed by atoms with van der Waals surface area (Å²) < 4.78 is 69.7. The minimum absolute atomic E-state index is 0.0527. The van der Waals surface area contributed by atoms with Crippen LogP contribution < -0.4 is 25.2 Å². The van der Waals surface area contributed by atoms with Gasteiger partial charge in [-0.15, -0.1) is 5.10 Å². The van der Waals surface area contributed by atoms with Crippen LogP contribution in [0.3, 0.4) is 0 Å². The lowest BCUT2D eigenvalue weighted by molar-refractivity contribution is -0.154. The molecule has 0 radical (unpaired) electrons. The van der Waals surface area contributed by atoms with Gasteiger partial charge in [-0.25, -0.2) is 9.18 Å². The monoisotopic (exact) mass is 517 g/mol. The van der Waals surface area contributed by atoms with Gasteiger partial charge in [0.05, 0.1) is 14.2 Å². The molecule has 3 rings (SSSR count). The Morgan fingerprint density at radius 1 is 1.17 bits per heavy atom. The van der Waals surface area contributed by atoms with Gasteiger partial charge in [-0.05, 0) is 13.0 Å². The topological polar surface area (TPSA) is 156 Å². The summed E-state index contributed by atoms with van der Waals surface area (Å²) in [6, 6.07) is 0.516. The first-order valence-electron chi connectivity index (χ1n) is 9.98. The highest BCUT2D eigenvalue weighted by Gasteiger charge is 2.31. The van der Waals surface area contributed by atoms with E-state index in [1.165, 1.54) is 14.2 Å². The Morgan fingerprint density at radius 3 is 2.31 bits per heavy atom. The minimum Gasteiger partial charge on any atom is -0.479 e. The number of aliphatic hydroxyl groups is 1. The van der Waals surface area contributed by atoms with Gasteiger partial charge in [-0.3, -0.25) is 9.36 Å². The highest BCUT2D eigenvalue weighted by atomic mass is 19.4. The van der Waals surface area contributed by atoms with Crippen molar-refractivity contribution in [2.75, 3.05) is 26.1 Å². The van der Waals surface area contributed by atoms with Crippen LogP contribution in [0.2, 0.25) is 0 Å². The van der Waals surface area contributed by atoms with Crippen LogP contribution in [0, 0.1) is 5.82 Å². The number of methoxy groups -OCH3 is 2. The smallest absolute Gasteiger partial charge is 0.422 e. The van der Waals surface area contributed by atoms with Gasteiger partial charge in [0.15, 0.2) is 29.8 Å². The third-order valence-corrected chi connectivity index (χ3v) is 4.54. The van der Waals surface area contributed by atoms with Crippen molar-refractivity contribution in [1.29, 1.82) is 0 Å². The van der Waals surface area contributed by atoms with Gasteiger partial charge in [0.1, 0.15) is 18.5 Å². The summed E-state index contributed by atoms with van der Waals surface area (Å²) >= 11 is 0. The summed E-state index contributed by atoms with van der Waals surface area (Å²) in [5.41, 5.74) is -1.90. The highest BCUT2D eigenvalue weighted by Crippen LogP contribution is 2.32. The number of amides is 1. The summed E-state index contributed by atoms with van der Waals surface area (Å²) in [6.45, 7) is -0.959. The fourth-order valence-corrected chi connectivity index (χ4v) is 3.00. The Morgan fingerprint density at radius 2 is 1.81 bits per heavy atom. The molecule has 0 bridgehead atoms. The molecule has 0 aliphatic carbocycles. The summed E-state index contributed by atoms with van der Waals surface area (Å²) in [5, 5.41) is 15.4. The Balaban J connectivity index is 2.13. The summed E-state index contributed by atoms with van der Waals surface area (Å²) in [6.07, 6.45) is -3.77. The molecule has 0 unspecified atom stereocenters. The SMILES string of the molecule is CCn1c(CO)nn(-c2nc(OCC(F)(F)F)c(C(=O)Nc3c(OC)ncnc3OC)cc2F)c1=O. The highest BCUT2D eigenvalue weighted by molar-refractivity contribution is 6.07. The number of hydrogen-bond donors (Lipinski definition) is 2. The Hall–Kier alpha value is -4.28.